The number of aromatic nitrogens is 5. The second-order valence-corrected chi connectivity index (χ2v) is 5.25. The molecule has 0 aliphatic rings. The summed E-state index contributed by atoms with van der Waals surface area (Å²) in [5.41, 5.74) is 5.45. The van der Waals surface area contributed by atoms with Crippen molar-refractivity contribution < 1.29 is 0 Å². The minimum atomic E-state index is 0.443. The van der Waals surface area contributed by atoms with Crippen LogP contribution in [0.3, 0.4) is 0 Å². The van der Waals surface area contributed by atoms with Crippen LogP contribution in [0.4, 0.5) is 0 Å². The molecule has 0 spiro atoms. The summed E-state index contributed by atoms with van der Waals surface area (Å²) < 4.78 is 2.38. The third-order valence-electron chi connectivity index (χ3n) is 3.36. The van der Waals surface area contributed by atoms with Crippen LogP contribution in [-0.4, -0.2) is 25.0 Å². The fourth-order valence-electron chi connectivity index (χ4n) is 2.23. The van der Waals surface area contributed by atoms with Crippen molar-refractivity contribution in [2.24, 2.45) is 0 Å². The average Bonchev–Trinajstić information content (AvgIpc) is 2.99. The third-order valence-corrected chi connectivity index (χ3v) is 3.55. The first-order valence-electron chi connectivity index (χ1n) is 6.33. The maximum absolute atomic E-state index is 4.99. The zero-order chi connectivity index (χ0) is 14.3. The summed E-state index contributed by atoms with van der Waals surface area (Å²) >= 11 is 4.99. The topological polar surface area (TPSA) is 62.3 Å². The maximum Gasteiger partial charge on any atom is 0.213 e. The molecule has 0 fully saturated rings. The van der Waals surface area contributed by atoms with Gasteiger partial charge in [-0.3, -0.25) is 10.2 Å². The van der Waals surface area contributed by atoms with Crippen LogP contribution in [0.1, 0.15) is 16.8 Å². The van der Waals surface area contributed by atoms with E-state index in [0.29, 0.717) is 10.6 Å². The molecule has 0 saturated heterocycles. The first-order chi connectivity index (χ1) is 9.56. The van der Waals surface area contributed by atoms with E-state index < -0.39 is 0 Å². The van der Waals surface area contributed by atoms with Gasteiger partial charge in [-0.15, -0.1) is 0 Å². The van der Waals surface area contributed by atoms with Crippen LogP contribution in [0.15, 0.2) is 24.4 Å². The van der Waals surface area contributed by atoms with Gasteiger partial charge in [-0.05, 0) is 50.2 Å². The molecule has 6 heteroatoms. The number of aromatic amines is 2. The molecule has 20 heavy (non-hydrogen) atoms. The number of hydrogen-bond acceptors (Lipinski definition) is 3. The summed E-state index contributed by atoms with van der Waals surface area (Å²) in [5.74, 6) is 0.712. The average molecular weight is 285 g/mol. The smallest absolute Gasteiger partial charge is 0.213 e. The summed E-state index contributed by atoms with van der Waals surface area (Å²) in [6.45, 7) is 6.18. The number of nitrogens with one attached hydrogen (secondary N) is 2. The van der Waals surface area contributed by atoms with Gasteiger partial charge >= 0.3 is 0 Å². The van der Waals surface area contributed by atoms with E-state index in [9.17, 15) is 0 Å². The molecule has 0 aliphatic heterocycles. The normalized spacial score (nSPS) is 10.9. The van der Waals surface area contributed by atoms with Crippen molar-refractivity contribution in [3.05, 3.63) is 46.0 Å². The Morgan fingerprint density at radius 2 is 1.95 bits per heavy atom. The van der Waals surface area contributed by atoms with E-state index in [1.54, 1.807) is 6.20 Å². The number of nitrogens with zero attached hydrogens (tertiary/aromatic N) is 3. The molecular weight excluding hydrogens is 270 g/mol. The molecule has 3 rings (SSSR count). The van der Waals surface area contributed by atoms with E-state index >= 15 is 0 Å². The molecule has 0 amide bonds. The standard InChI is InChI=1S/C14H15N5S/c1-8-4-5-9(2)12(6-8)19-10(3)11(7-15-19)13-16-14(20)18-17-13/h4-7H,1-3H3,(H2,16,17,18,20). The van der Waals surface area contributed by atoms with Crippen LogP contribution >= 0.6 is 12.2 Å². The van der Waals surface area contributed by atoms with Gasteiger partial charge in [0.1, 0.15) is 0 Å². The monoisotopic (exact) mass is 285 g/mol. The predicted octanol–water partition coefficient (Wildman–Crippen LogP) is 3.25. The van der Waals surface area contributed by atoms with Crippen LogP contribution in [0, 0.1) is 25.5 Å². The molecule has 0 aliphatic carbocycles. The molecular formula is C14H15N5S. The van der Waals surface area contributed by atoms with Crippen LogP contribution in [-0.2, 0) is 0 Å². The van der Waals surface area contributed by atoms with Gasteiger partial charge < -0.3 is 0 Å². The van der Waals surface area contributed by atoms with E-state index in [1.165, 1.54) is 11.1 Å². The highest BCUT2D eigenvalue weighted by Crippen LogP contribution is 2.23. The Kier molecular flexibility index (Phi) is 3.02. The lowest BCUT2D eigenvalue weighted by Crippen LogP contribution is -2.02. The maximum atomic E-state index is 4.99. The molecule has 0 unspecified atom stereocenters. The zero-order valence-corrected chi connectivity index (χ0v) is 12.4. The van der Waals surface area contributed by atoms with Crippen molar-refractivity contribution >= 4 is 12.2 Å². The summed E-state index contributed by atoms with van der Waals surface area (Å²) in [6.07, 6.45) is 1.80. The molecule has 1 aromatic carbocycles. The predicted molar refractivity (Wildman–Crippen MR) is 80.5 cm³/mol. The number of rotatable bonds is 2. The van der Waals surface area contributed by atoms with Gasteiger partial charge in [0.25, 0.3) is 0 Å². The summed E-state index contributed by atoms with van der Waals surface area (Å²) in [7, 11) is 0. The van der Waals surface area contributed by atoms with E-state index in [-0.39, 0.29) is 0 Å². The van der Waals surface area contributed by atoms with E-state index in [0.717, 1.165) is 16.9 Å². The molecule has 0 atom stereocenters. The Morgan fingerprint density at radius 1 is 1.15 bits per heavy atom. The molecule has 102 valence electrons. The summed E-state index contributed by atoms with van der Waals surface area (Å²) in [6, 6.07) is 6.34. The number of aryl methyl sites for hydroxylation is 2. The van der Waals surface area contributed by atoms with Crippen LogP contribution in [0.5, 0.6) is 0 Å². The Morgan fingerprint density at radius 3 is 2.65 bits per heavy atom. The number of hydrogen-bond donors (Lipinski definition) is 2. The summed E-state index contributed by atoms with van der Waals surface area (Å²) in [5, 5.41) is 10.2. The second-order valence-electron chi connectivity index (χ2n) is 4.86. The fraction of sp³-hybridized carbons (Fsp3) is 0.214. The van der Waals surface area contributed by atoms with E-state index in [4.69, 9.17) is 12.2 Å². The number of H-pyrrole nitrogens is 2. The van der Waals surface area contributed by atoms with Gasteiger partial charge in [-0.1, -0.05) is 12.1 Å². The van der Waals surface area contributed by atoms with Crippen LogP contribution in [0.2, 0.25) is 0 Å². The van der Waals surface area contributed by atoms with E-state index in [1.807, 2.05) is 11.6 Å². The molecule has 2 aromatic heterocycles. The zero-order valence-electron chi connectivity index (χ0n) is 11.6. The van der Waals surface area contributed by atoms with Gasteiger partial charge in [-0.25, -0.2) is 4.68 Å². The van der Waals surface area contributed by atoms with Crippen molar-refractivity contribution in [1.29, 1.82) is 0 Å². The van der Waals surface area contributed by atoms with Gasteiger partial charge in [0.2, 0.25) is 4.77 Å². The van der Waals surface area contributed by atoms with Crippen molar-refractivity contribution in [1.82, 2.24) is 25.0 Å². The number of benzene rings is 1. The highest BCUT2D eigenvalue weighted by atomic mass is 32.1. The van der Waals surface area contributed by atoms with Gasteiger partial charge in [0, 0.05) is 0 Å². The SMILES string of the molecule is Cc1ccc(C)c(-n2ncc(-c3nc(=S)[nH][nH]3)c2C)c1. The highest BCUT2D eigenvalue weighted by molar-refractivity contribution is 7.71. The minimum absolute atomic E-state index is 0.443. The quantitative estimate of drug-likeness (QED) is 0.710. The van der Waals surface area contributed by atoms with E-state index in [2.05, 4.69) is 52.3 Å². The van der Waals surface area contributed by atoms with Crippen LogP contribution in [0.25, 0.3) is 17.1 Å². The Hall–Kier alpha value is -2.21. The van der Waals surface area contributed by atoms with Crippen molar-refractivity contribution in [3.8, 4) is 17.1 Å². The minimum Gasteiger partial charge on any atom is -0.282 e. The Bertz CT molecular complexity index is 824. The molecule has 0 bridgehead atoms. The van der Waals surface area contributed by atoms with Gasteiger partial charge in [0.15, 0.2) is 5.82 Å². The molecule has 3 aromatic rings. The van der Waals surface area contributed by atoms with Crippen molar-refractivity contribution in [2.75, 3.05) is 0 Å². The molecule has 0 radical (unpaired) electrons. The highest BCUT2D eigenvalue weighted by Gasteiger charge is 2.13. The lowest BCUT2D eigenvalue weighted by atomic mass is 10.1. The first-order valence-corrected chi connectivity index (χ1v) is 6.74. The molecule has 5 nitrogen and oxygen atoms in total. The van der Waals surface area contributed by atoms with Crippen molar-refractivity contribution in [2.45, 2.75) is 20.8 Å². The summed E-state index contributed by atoms with van der Waals surface area (Å²) in [4.78, 5) is 4.24. The Balaban J connectivity index is 2.15. The van der Waals surface area contributed by atoms with Crippen LogP contribution < -0.4 is 0 Å². The first kappa shape index (κ1) is 12.8. The van der Waals surface area contributed by atoms with Crippen molar-refractivity contribution in [3.63, 3.8) is 0 Å². The fourth-order valence-corrected chi connectivity index (χ4v) is 2.37. The lowest BCUT2D eigenvalue weighted by Gasteiger charge is -2.09. The largest absolute Gasteiger partial charge is 0.282 e. The Labute approximate surface area is 121 Å². The third kappa shape index (κ3) is 2.08. The molecule has 2 N–H and O–H groups in total. The van der Waals surface area contributed by atoms with Gasteiger partial charge in [0.05, 0.1) is 23.1 Å². The lowest BCUT2D eigenvalue weighted by molar-refractivity contribution is 0.839. The second kappa shape index (κ2) is 4.72. The molecule has 0 saturated carbocycles. The van der Waals surface area contributed by atoms with Gasteiger partial charge in [-0.2, -0.15) is 10.1 Å². The molecule has 2 heterocycles.